The zero-order valence-corrected chi connectivity index (χ0v) is 13.7. The molecule has 0 unspecified atom stereocenters. The van der Waals surface area contributed by atoms with E-state index in [9.17, 15) is 19.2 Å². The van der Waals surface area contributed by atoms with Crippen molar-refractivity contribution in [2.24, 2.45) is 0 Å². The van der Waals surface area contributed by atoms with Gasteiger partial charge in [-0.3, -0.25) is 14.4 Å². The van der Waals surface area contributed by atoms with Crippen molar-refractivity contribution in [1.82, 2.24) is 10.2 Å². The summed E-state index contributed by atoms with van der Waals surface area (Å²) < 4.78 is 5.01. The molecule has 1 atom stereocenters. The third-order valence-electron chi connectivity index (χ3n) is 3.71. The number of imide groups is 2. The number of carbonyl (C=O) groups excluding carboxylic acids is 4. The number of methoxy groups -OCH3 is 1. The van der Waals surface area contributed by atoms with E-state index >= 15 is 0 Å². The van der Waals surface area contributed by atoms with Crippen LogP contribution in [0.4, 0.5) is 10.5 Å². The van der Waals surface area contributed by atoms with Crippen LogP contribution in [0.2, 0.25) is 0 Å². The summed E-state index contributed by atoms with van der Waals surface area (Å²) in [7, 11) is 1.49. The molecular formula is C16H19N3O5. The van der Waals surface area contributed by atoms with Crippen molar-refractivity contribution < 1.29 is 23.9 Å². The van der Waals surface area contributed by atoms with E-state index in [4.69, 9.17) is 4.74 Å². The van der Waals surface area contributed by atoms with E-state index in [1.165, 1.54) is 19.2 Å². The maximum atomic E-state index is 12.4. The Kier molecular flexibility index (Phi) is 5.18. The minimum Gasteiger partial charge on any atom is -0.497 e. The van der Waals surface area contributed by atoms with Gasteiger partial charge in [-0.15, -0.1) is 0 Å². The molecule has 1 saturated heterocycles. The van der Waals surface area contributed by atoms with Crippen molar-refractivity contribution in [2.75, 3.05) is 18.6 Å². The Balaban J connectivity index is 2.16. The summed E-state index contributed by atoms with van der Waals surface area (Å²) in [5.74, 6) is -1.94. The Hall–Kier alpha value is -2.90. The predicted octanol–water partition coefficient (Wildman–Crippen LogP) is 0.905. The normalized spacial score (nSPS) is 15.7. The van der Waals surface area contributed by atoms with Crippen LogP contribution in [0.5, 0.6) is 5.75 Å². The highest BCUT2D eigenvalue weighted by Gasteiger charge is 2.46. The molecule has 0 saturated carbocycles. The van der Waals surface area contributed by atoms with Crippen molar-refractivity contribution >= 4 is 29.4 Å². The largest absolute Gasteiger partial charge is 0.497 e. The second kappa shape index (κ2) is 7.12. The highest BCUT2D eigenvalue weighted by Crippen LogP contribution is 2.24. The van der Waals surface area contributed by atoms with Gasteiger partial charge < -0.3 is 10.1 Å². The van der Waals surface area contributed by atoms with Gasteiger partial charge in [-0.2, -0.15) is 0 Å². The van der Waals surface area contributed by atoms with Gasteiger partial charge in [-0.05, 0) is 37.6 Å². The highest BCUT2D eigenvalue weighted by molar-refractivity contribution is 6.53. The second-order valence-electron chi connectivity index (χ2n) is 5.39. The topological polar surface area (TPSA) is 96.0 Å². The van der Waals surface area contributed by atoms with Crippen molar-refractivity contribution in [2.45, 2.75) is 26.3 Å². The van der Waals surface area contributed by atoms with Crippen molar-refractivity contribution in [3.8, 4) is 5.75 Å². The minimum absolute atomic E-state index is 0.0845. The third kappa shape index (κ3) is 3.37. The SMILES string of the molecule is CC[C@@H](C)NC(=O)CN1C(=O)C(=O)N(c2ccc(OC)cc2)C1=O. The number of benzene rings is 1. The summed E-state index contributed by atoms with van der Waals surface area (Å²) in [6.07, 6.45) is 0.713. The molecule has 0 aliphatic carbocycles. The number of rotatable bonds is 6. The lowest BCUT2D eigenvalue weighted by molar-refractivity contribution is -0.140. The van der Waals surface area contributed by atoms with Crippen LogP contribution >= 0.6 is 0 Å². The molecule has 8 heteroatoms. The van der Waals surface area contributed by atoms with Gasteiger partial charge in [0.1, 0.15) is 12.3 Å². The first-order chi connectivity index (χ1) is 11.4. The summed E-state index contributed by atoms with van der Waals surface area (Å²) in [6, 6.07) is 5.19. The maximum Gasteiger partial charge on any atom is 0.339 e. The number of urea groups is 1. The number of hydrogen-bond donors (Lipinski definition) is 1. The fourth-order valence-electron chi connectivity index (χ4n) is 2.17. The molecule has 0 aromatic heterocycles. The van der Waals surface area contributed by atoms with Crippen molar-refractivity contribution in [1.29, 1.82) is 0 Å². The first-order valence-electron chi connectivity index (χ1n) is 7.52. The zero-order chi connectivity index (χ0) is 17.9. The van der Waals surface area contributed by atoms with E-state index in [0.717, 1.165) is 4.90 Å². The average molecular weight is 333 g/mol. The summed E-state index contributed by atoms with van der Waals surface area (Å²) in [5, 5.41) is 2.65. The summed E-state index contributed by atoms with van der Waals surface area (Å²) in [6.45, 7) is 3.22. The highest BCUT2D eigenvalue weighted by atomic mass is 16.5. The van der Waals surface area contributed by atoms with Gasteiger partial charge >= 0.3 is 17.8 Å². The van der Waals surface area contributed by atoms with Crippen LogP contribution in [0.25, 0.3) is 0 Å². The lowest BCUT2D eigenvalue weighted by Gasteiger charge is -2.17. The van der Waals surface area contributed by atoms with E-state index in [1.807, 2.05) is 6.92 Å². The average Bonchev–Trinajstić information content (AvgIpc) is 2.78. The van der Waals surface area contributed by atoms with Crippen LogP contribution in [-0.2, 0) is 14.4 Å². The first kappa shape index (κ1) is 17.5. The third-order valence-corrected chi connectivity index (χ3v) is 3.71. The van der Waals surface area contributed by atoms with E-state index in [0.29, 0.717) is 17.1 Å². The maximum absolute atomic E-state index is 12.4. The monoisotopic (exact) mass is 333 g/mol. The van der Waals surface area contributed by atoms with Gasteiger partial charge in [0.05, 0.1) is 12.8 Å². The second-order valence-corrected chi connectivity index (χ2v) is 5.39. The molecule has 128 valence electrons. The van der Waals surface area contributed by atoms with Gasteiger partial charge in [-0.1, -0.05) is 6.92 Å². The number of nitrogens with zero attached hydrogens (tertiary/aromatic N) is 2. The molecule has 1 aromatic rings. The first-order valence-corrected chi connectivity index (χ1v) is 7.52. The molecule has 0 spiro atoms. The number of hydrogen-bond acceptors (Lipinski definition) is 5. The van der Waals surface area contributed by atoms with Crippen molar-refractivity contribution in [3.05, 3.63) is 24.3 Å². The molecule has 1 aromatic carbocycles. The van der Waals surface area contributed by atoms with Gasteiger partial charge in [0.25, 0.3) is 0 Å². The molecule has 1 aliphatic rings. The Morgan fingerprint density at radius 2 is 1.79 bits per heavy atom. The number of nitrogens with one attached hydrogen (secondary N) is 1. The molecule has 0 bridgehead atoms. The van der Waals surface area contributed by atoms with Crippen LogP contribution in [0, 0.1) is 0 Å². The Labute approximate surface area is 139 Å². The van der Waals surface area contributed by atoms with Gasteiger partial charge in [-0.25, -0.2) is 14.6 Å². The molecule has 1 N–H and O–H groups in total. The van der Waals surface area contributed by atoms with Crippen LogP contribution in [-0.4, -0.2) is 48.3 Å². The van der Waals surface area contributed by atoms with Gasteiger partial charge in [0.2, 0.25) is 5.91 Å². The Bertz CT molecular complexity index is 671. The summed E-state index contributed by atoms with van der Waals surface area (Å²) >= 11 is 0. The Morgan fingerprint density at radius 3 is 2.33 bits per heavy atom. The summed E-state index contributed by atoms with van der Waals surface area (Å²) in [5.41, 5.74) is 0.240. The standard InChI is InChI=1S/C16H19N3O5/c1-4-10(2)17-13(20)9-18-14(21)15(22)19(16(18)23)11-5-7-12(24-3)8-6-11/h5-8,10H,4,9H2,1-3H3,(H,17,20)/t10-/m1/s1. The fourth-order valence-corrected chi connectivity index (χ4v) is 2.17. The molecule has 2 rings (SSSR count). The predicted molar refractivity (Wildman–Crippen MR) is 85.5 cm³/mol. The quantitative estimate of drug-likeness (QED) is 0.616. The molecule has 24 heavy (non-hydrogen) atoms. The van der Waals surface area contributed by atoms with E-state index in [-0.39, 0.29) is 11.7 Å². The Morgan fingerprint density at radius 1 is 1.17 bits per heavy atom. The molecule has 1 fully saturated rings. The number of carbonyl (C=O) groups is 4. The lowest BCUT2D eigenvalue weighted by atomic mass is 10.2. The number of amides is 5. The van der Waals surface area contributed by atoms with Crippen molar-refractivity contribution in [3.63, 3.8) is 0 Å². The van der Waals surface area contributed by atoms with E-state index < -0.39 is 30.3 Å². The molecule has 1 heterocycles. The van der Waals surface area contributed by atoms with Crippen LogP contribution in [0.1, 0.15) is 20.3 Å². The van der Waals surface area contributed by atoms with Crippen LogP contribution < -0.4 is 15.0 Å². The molecule has 1 aliphatic heterocycles. The van der Waals surface area contributed by atoms with Gasteiger partial charge in [0.15, 0.2) is 0 Å². The lowest BCUT2D eigenvalue weighted by Crippen LogP contribution is -2.43. The minimum atomic E-state index is -1.02. The number of ether oxygens (including phenoxy) is 1. The van der Waals surface area contributed by atoms with E-state index in [1.54, 1.807) is 19.1 Å². The molecular weight excluding hydrogens is 314 g/mol. The smallest absolute Gasteiger partial charge is 0.339 e. The zero-order valence-electron chi connectivity index (χ0n) is 13.7. The molecule has 8 nitrogen and oxygen atoms in total. The molecule has 5 amide bonds. The molecule has 0 radical (unpaired) electrons. The van der Waals surface area contributed by atoms with Gasteiger partial charge in [0, 0.05) is 6.04 Å². The fraction of sp³-hybridized carbons (Fsp3) is 0.375. The number of anilines is 1. The summed E-state index contributed by atoms with van der Waals surface area (Å²) in [4.78, 5) is 49.8. The van der Waals surface area contributed by atoms with Crippen LogP contribution in [0.3, 0.4) is 0 Å². The van der Waals surface area contributed by atoms with Crippen LogP contribution in [0.15, 0.2) is 24.3 Å². The van der Waals surface area contributed by atoms with E-state index in [2.05, 4.69) is 5.32 Å².